The fraction of sp³-hybridized carbons (Fsp3) is 0.588. The van der Waals surface area contributed by atoms with Crippen LogP contribution in [0.4, 0.5) is 0 Å². The molecule has 0 spiro atoms. The van der Waals surface area contributed by atoms with E-state index in [1.807, 2.05) is 24.0 Å². The first-order valence-corrected chi connectivity index (χ1v) is 8.29. The van der Waals surface area contributed by atoms with Gasteiger partial charge in [0.05, 0.1) is 12.7 Å². The van der Waals surface area contributed by atoms with Gasteiger partial charge in [0.2, 0.25) is 0 Å². The number of rotatable bonds is 2. The van der Waals surface area contributed by atoms with Crippen LogP contribution in [-0.2, 0) is 4.74 Å². The number of halogens is 1. The maximum absolute atomic E-state index is 12.9. The zero-order valence-electron chi connectivity index (χ0n) is 12.8. The van der Waals surface area contributed by atoms with E-state index < -0.39 is 0 Å². The molecule has 0 radical (unpaired) electrons. The van der Waals surface area contributed by atoms with Gasteiger partial charge < -0.3 is 14.7 Å². The van der Waals surface area contributed by atoms with E-state index in [-0.39, 0.29) is 24.0 Å². The van der Waals surface area contributed by atoms with Crippen molar-refractivity contribution >= 4 is 17.5 Å². The molecule has 2 aliphatic heterocycles. The molecule has 1 amide bonds. The number of nitrogens with zero attached hydrogens (tertiary/aromatic N) is 1. The number of likely N-dealkylation sites (tertiary alicyclic amines) is 1. The van der Waals surface area contributed by atoms with Gasteiger partial charge in [0.25, 0.3) is 5.91 Å². The van der Waals surface area contributed by atoms with Crippen molar-refractivity contribution < 1.29 is 14.6 Å². The fourth-order valence-electron chi connectivity index (χ4n) is 3.60. The smallest absolute Gasteiger partial charge is 0.254 e. The Kier molecular flexibility index (Phi) is 4.71. The number of aliphatic hydroxyl groups is 1. The molecule has 0 saturated carbocycles. The molecule has 3 atom stereocenters. The molecule has 5 heteroatoms. The third kappa shape index (κ3) is 2.87. The number of carbonyl (C=O) groups is 1. The first-order valence-electron chi connectivity index (χ1n) is 7.91. The minimum Gasteiger partial charge on any atom is -0.393 e. The molecule has 0 aromatic heterocycles. The molecule has 1 aromatic carbocycles. The van der Waals surface area contributed by atoms with E-state index in [9.17, 15) is 9.90 Å². The van der Waals surface area contributed by atoms with Crippen LogP contribution in [0.25, 0.3) is 0 Å². The van der Waals surface area contributed by atoms with Crippen molar-refractivity contribution in [2.75, 3.05) is 19.8 Å². The summed E-state index contributed by atoms with van der Waals surface area (Å²) in [7, 11) is 0. The molecule has 2 saturated heterocycles. The molecule has 3 rings (SSSR count). The molecule has 0 aliphatic carbocycles. The minimum absolute atomic E-state index is 0.0136. The average molecular weight is 324 g/mol. The molecule has 22 heavy (non-hydrogen) atoms. The van der Waals surface area contributed by atoms with E-state index in [1.165, 1.54) is 0 Å². The Morgan fingerprint density at radius 3 is 3.00 bits per heavy atom. The largest absolute Gasteiger partial charge is 0.393 e. The first kappa shape index (κ1) is 15.8. The van der Waals surface area contributed by atoms with Gasteiger partial charge in [-0.1, -0.05) is 17.7 Å². The lowest BCUT2D eigenvalue weighted by atomic mass is 9.89. The summed E-state index contributed by atoms with van der Waals surface area (Å²) in [4.78, 5) is 14.8. The zero-order chi connectivity index (χ0) is 15.7. The molecule has 2 fully saturated rings. The molecular formula is C17H22ClNO3. The second-order valence-electron chi connectivity index (χ2n) is 6.22. The van der Waals surface area contributed by atoms with Crippen LogP contribution < -0.4 is 0 Å². The number of carbonyl (C=O) groups excluding carboxylic acids is 1. The summed E-state index contributed by atoms with van der Waals surface area (Å²) in [6.07, 6.45) is 2.17. The van der Waals surface area contributed by atoms with Gasteiger partial charge in [0.15, 0.2) is 0 Å². The second-order valence-corrected chi connectivity index (χ2v) is 6.62. The zero-order valence-corrected chi connectivity index (χ0v) is 13.6. The van der Waals surface area contributed by atoms with Crippen molar-refractivity contribution in [2.24, 2.45) is 5.92 Å². The molecular weight excluding hydrogens is 302 g/mol. The van der Waals surface area contributed by atoms with Crippen LogP contribution in [0, 0.1) is 12.8 Å². The van der Waals surface area contributed by atoms with E-state index in [0.29, 0.717) is 30.2 Å². The molecule has 0 unspecified atom stereocenters. The van der Waals surface area contributed by atoms with Gasteiger partial charge in [-0.15, -0.1) is 0 Å². The van der Waals surface area contributed by atoms with Gasteiger partial charge in [0.1, 0.15) is 0 Å². The SMILES string of the molecule is Cc1c(Cl)cccc1C(=O)N1CCC[C@@H]1[C@H]1COCC[C@H]1O. The highest BCUT2D eigenvalue weighted by Crippen LogP contribution is 2.32. The van der Waals surface area contributed by atoms with Crippen LogP contribution in [-0.4, -0.2) is 47.8 Å². The Bertz CT molecular complexity index is 563. The van der Waals surface area contributed by atoms with Gasteiger partial charge in [0, 0.05) is 35.7 Å². The molecule has 1 N–H and O–H groups in total. The van der Waals surface area contributed by atoms with Crippen molar-refractivity contribution in [1.29, 1.82) is 0 Å². The molecule has 120 valence electrons. The third-order valence-corrected chi connectivity index (χ3v) is 5.32. The maximum Gasteiger partial charge on any atom is 0.254 e. The monoisotopic (exact) mass is 323 g/mol. The third-order valence-electron chi connectivity index (χ3n) is 4.91. The second kappa shape index (κ2) is 6.57. The van der Waals surface area contributed by atoms with Crippen molar-refractivity contribution in [3.63, 3.8) is 0 Å². The number of hydrogen-bond acceptors (Lipinski definition) is 3. The molecule has 4 nitrogen and oxygen atoms in total. The van der Waals surface area contributed by atoms with Gasteiger partial charge in [-0.05, 0) is 43.9 Å². The van der Waals surface area contributed by atoms with Crippen molar-refractivity contribution in [3.05, 3.63) is 34.3 Å². The molecule has 2 aliphatic rings. The number of benzene rings is 1. The van der Waals surface area contributed by atoms with Crippen molar-refractivity contribution in [1.82, 2.24) is 4.90 Å². The standard InChI is InChI=1S/C17H22ClNO3/c1-11-12(4-2-5-14(11)18)17(21)19-8-3-6-15(19)13-10-22-9-7-16(13)20/h2,4-5,13,15-16,20H,3,6-10H2,1H3/t13-,15-,16-/m1/s1. The van der Waals surface area contributed by atoms with E-state index in [1.54, 1.807) is 6.07 Å². The number of hydrogen-bond donors (Lipinski definition) is 1. The summed E-state index contributed by atoms with van der Waals surface area (Å²) < 4.78 is 5.52. The highest BCUT2D eigenvalue weighted by molar-refractivity contribution is 6.31. The molecule has 0 bridgehead atoms. The van der Waals surface area contributed by atoms with E-state index in [0.717, 1.165) is 24.9 Å². The predicted molar refractivity (Wildman–Crippen MR) is 85.2 cm³/mol. The first-order chi connectivity index (χ1) is 10.6. The summed E-state index contributed by atoms with van der Waals surface area (Å²) in [5.74, 6) is 0.0277. The summed E-state index contributed by atoms with van der Waals surface area (Å²) in [5.41, 5.74) is 1.48. The topological polar surface area (TPSA) is 49.8 Å². The van der Waals surface area contributed by atoms with E-state index in [4.69, 9.17) is 16.3 Å². The normalized spacial score (nSPS) is 28.9. The predicted octanol–water partition coefficient (Wildman–Crippen LogP) is 2.65. The average Bonchev–Trinajstić information content (AvgIpc) is 2.99. The number of aliphatic hydroxyl groups excluding tert-OH is 1. The summed E-state index contributed by atoms with van der Waals surface area (Å²) in [6, 6.07) is 5.49. The fourth-order valence-corrected chi connectivity index (χ4v) is 3.77. The maximum atomic E-state index is 12.9. The lowest BCUT2D eigenvalue weighted by molar-refractivity contribution is -0.0589. The lowest BCUT2D eigenvalue weighted by Gasteiger charge is -2.37. The molecule has 1 aromatic rings. The van der Waals surface area contributed by atoms with Gasteiger partial charge in [-0.3, -0.25) is 4.79 Å². The van der Waals surface area contributed by atoms with Gasteiger partial charge >= 0.3 is 0 Å². The minimum atomic E-state index is -0.382. The number of amides is 1. The quantitative estimate of drug-likeness (QED) is 0.910. The molecule has 2 heterocycles. The van der Waals surface area contributed by atoms with Gasteiger partial charge in [-0.2, -0.15) is 0 Å². The van der Waals surface area contributed by atoms with Crippen LogP contribution in [0.2, 0.25) is 5.02 Å². The van der Waals surface area contributed by atoms with Crippen molar-refractivity contribution in [3.8, 4) is 0 Å². The summed E-state index contributed by atoms with van der Waals surface area (Å²) in [5, 5.41) is 10.9. The van der Waals surface area contributed by atoms with Crippen LogP contribution in [0.15, 0.2) is 18.2 Å². The van der Waals surface area contributed by atoms with Gasteiger partial charge in [-0.25, -0.2) is 0 Å². The lowest BCUT2D eigenvalue weighted by Crippen LogP contribution is -2.48. The van der Waals surface area contributed by atoms with Crippen LogP contribution in [0.1, 0.15) is 35.2 Å². The van der Waals surface area contributed by atoms with E-state index >= 15 is 0 Å². The highest BCUT2D eigenvalue weighted by atomic mass is 35.5. The Morgan fingerprint density at radius 2 is 2.23 bits per heavy atom. The van der Waals surface area contributed by atoms with Crippen LogP contribution in [0.3, 0.4) is 0 Å². The number of ether oxygens (including phenoxy) is 1. The Labute approximate surface area is 136 Å². The van der Waals surface area contributed by atoms with Crippen LogP contribution in [0.5, 0.6) is 0 Å². The highest BCUT2D eigenvalue weighted by Gasteiger charge is 2.40. The Hall–Kier alpha value is -1.10. The van der Waals surface area contributed by atoms with E-state index in [2.05, 4.69) is 0 Å². The van der Waals surface area contributed by atoms with Crippen molar-refractivity contribution in [2.45, 2.75) is 38.3 Å². The summed E-state index contributed by atoms with van der Waals surface area (Å²) >= 11 is 6.14. The van der Waals surface area contributed by atoms with Crippen LogP contribution >= 0.6 is 11.6 Å². The Balaban J connectivity index is 1.83. The Morgan fingerprint density at radius 1 is 1.41 bits per heavy atom. The summed E-state index contributed by atoms with van der Waals surface area (Å²) in [6.45, 7) is 3.74.